The first kappa shape index (κ1) is 19.9. The van der Waals surface area contributed by atoms with Crippen LogP contribution in [0.4, 0.5) is 18.9 Å². The summed E-state index contributed by atoms with van der Waals surface area (Å²) in [5.74, 6) is -0.733. The fourth-order valence-corrected chi connectivity index (χ4v) is 2.94. The minimum Gasteiger partial charge on any atom is -0.317 e. The van der Waals surface area contributed by atoms with Gasteiger partial charge in [-0.1, -0.05) is 23.7 Å². The predicted molar refractivity (Wildman–Crippen MR) is 98.4 cm³/mol. The summed E-state index contributed by atoms with van der Waals surface area (Å²) in [7, 11) is 1.14. The zero-order valence-corrected chi connectivity index (χ0v) is 16.1. The molecule has 0 spiro atoms. The van der Waals surface area contributed by atoms with Crippen molar-refractivity contribution in [1.29, 1.82) is 0 Å². The molecule has 3 rings (SSSR count). The molecule has 0 radical (unpaired) electrons. The van der Waals surface area contributed by atoms with Crippen molar-refractivity contribution in [3.8, 4) is 0 Å². The second kappa shape index (κ2) is 7.31. The van der Waals surface area contributed by atoms with Gasteiger partial charge in [-0.2, -0.15) is 23.4 Å². The fraction of sp³-hybridized carbons (Fsp3) is 0.278. The molecule has 2 aromatic heterocycles. The lowest BCUT2D eigenvalue weighted by Crippen LogP contribution is -2.14. The number of rotatable bonds is 4. The second-order valence-corrected chi connectivity index (χ2v) is 6.76. The van der Waals surface area contributed by atoms with Gasteiger partial charge in [0.05, 0.1) is 23.6 Å². The minimum atomic E-state index is -4.59. The van der Waals surface area contributed by atoms with E-state index in [0.29, 0.717) is 33.3 Å². The molecular formula is C18H17ClF3N5O. The molecule has 0 bridgehead atoms. The van der Waals surface area contributed by atoms with Gasteiger partial charge in [0.15, 0.2) is 5.69 Å². The standard InChI is InChI=1S/C18H17ClF3N5O/c1-10-16(11(2)27(24-10)9-12-4-6-13(19)7-5-12)23-17(28)14-8-15(18(20,21)22)26(3)25-14/h4-8H,9H2,1-3H3,(H,23,28). The third kappa shape index (κ3) is 4.04. The Morgan fingerprint density at radius 1 is 1.18 bits per heavy atom. The summed E-state index contributed by atoms with van der Waals surface area (Å²) in [6.07, 6.45) is -4.59. The summed E-state index contributed by atoms with van der Waals surface area (Å²) in [5.41, 5.74) is 1.31. The largest absolute Gasteiger partial charge is 0.433 e. The number of nitrogens with one attached hydrogen (secondary N) is 1. The number of aryl methyl sites for hydroxylation is 2. The monoisotopic (exact) mass is 411 g/mol. The second-order valence-electron chi connectivity index (χ2n) is 6.32. The van der Waals surface area contributed by atoms with E-state index in [0.717, 1.165) is 18.7 Å². The van der Waals surface area contributed by atoms with Crippen LogP contribution >= 0.6 is 11.6 Å². The van der Waals surface area contributed by atoms with E-state index in [1.807, 2.05) is 12.1 Å². The summed E-state index contributed by atoms with van der Waals surface area (Å²) >= 11 is 5.88. The summed E-state index contributed by atoms with van der Waals surface area (Å²) < 4.78 is 41.0. The number of benzene rings is 1. The number of amides is 1. The van der Waals surface area contributed by atoms with E-state index in [-0.39, 0.29) is 5.69 Å². The van der Waals surface area contributed by atoms with E-state index in [4.69, 9.17) is 11.6 Å². The number of hydrogen-bond acceptors (Lipinski definition) is 3. The quantitative estimate of drug-likeness (QED) is 0.699. The van der Waals surface area contributed by atoms with Crippen LogP contribution < -0.4 is 5.32 Å². The highest BCUT2D eigenvalue weighted by Gasteiger charge is 2.35. The van der Waals surface area contributed by atoms with E-state index in [1.54, 1.807) is 30.7 Å². The molecule has 2 heterocycles. The van der Waals surface area contributed by atoms with Crippen LogP contribution in [0.3, 0.4) is 0 Å². The van der Waals surface area contributed by atoms with Gasteiger partial charge >= 0.3 is 6.18 Å². The first-order valence-electron chi connectivity index (χ1n) is 8.27. The molecule has 148 valence electrons. The molecule has 1 amide bonds. The number of aromatic nitrogens is 4. The molecule has 10 heteroatoms. The van der Waals surface area contributed by atoms with Crippen molar-refractivity contribution >= 4 is 23.2 Å². The van der Waals surface area contributed by atoms with Gasteiger partial charge in [-0.05, 0) is 31.5 Å². The van der Waals surface area contributed by atoms with E-state index in [9.17, 15) is 18.0 Å². The highest BCUT2D eigenvalue weighted by molar-refractivity contribution is 6.30. The van der Waals surface area contributed by atoms with Gasteiger partial charge in [-0.25, -0.2) is 0 Å². The number of nitrogens with zero attached hydrogens (tertiary/aromatic N) is 4. The molecular weight excluding hydrogens is 395 g/mol. The highest BCUT2D eigenvalue weighted by Crippen LogP contribution is 2.29. The van der Waals surface area contributed by atoms with Crippen LogP contribution in [0.15, 0.2) is 30.3 Å². The Balaban J connectivity index is 1.82. The van der Waals surface area contributed by atoms with Crippen LogP contribution in [0.1, 0.15) is 33.1 Å². The summed E-state index contributed by atoms with van der Waals surface area (Å²) in [5, 5.41) is 11.3. The molecule has 0 saturated carbocycles. The number of halogens is 4. The zero-order chi connectivity index (χ0) is 20.6. The zero-order valence-electron chi connectivity index (χ0n) is 15.3. The van der Waals surface area contributed by atoms with E-state index < -0.39 is 17.8 Å². The smallest absolute Gasteiger partial charge is 0.317 e. The summed E-state index contributed by atoms with van der Waals surface area (Å²) in [4.78, 5) is 12.4. The summed E-state index contributed by atoms with van der Waals surface area (Å²) in [6.45, 7) is 3.94. The van der Waals surface area contributed by atoms with E-state index in [1.165, 1.54) is 0 Å². The molecule has 6 nitrogen and oxygen atoms in total. The van der Waals surface area contributed by atoms with Crippen molar-refractivity contribution in [1.82, 2.24) is 19.6 Å². The van der Waals surface area contributed by atoms with Crippen LogP contribution in [0.2, 0.25) is 5.02 Å². The average molecular weight is 412 g/mol. The molecule has 0 unspecified atom stereocenters. The molecule has 0 aliphatic carbocycles. The number of anilines is 1. The predicted octanol–water partition coefficient (Wildman–Crippen LogP) is 4.21. The van der Waals surface area contributed by atoms with Gasteiger partial charge < -0.3 is 5.32 Å². The first-order valence-corrected chi connectivity index (χ1v) is 8.65. The maximum Gasteiger partial charge on any atom is 0.433 e. The number of carbonyl (C=O) groups excluding carboxylic acids is 1. The van der Waals surface area contributed by atoms with Crippen molar-refractivity contribution < 1.29 is 18.0 Å². The van der Waals surface area contributed by atoms with Crippen molar-refractivity contribution in [2.75, 3.05) is 5.32 Å². The molecule has 0 fully saturated rings. The van der Waals surface area contributed by atoms with Crippen LogP contribution in [0.5, 0.6) is 0 Å². The number of alkyl halides is 3. The Hall–Kier alpha value is -2.81. The van der Waals surface area contributed by atoms with Crippen molar-refractivity contribution in [2.24, 2.45) is 7.05 Å². The topological polar surface area (TPSA) is 64.7 Å². The lowest BCUT2D eigenvalue weighted by Gasteiger charge is -2.07. The van der Waals surface area contributed by atoms with Gasteiger partial charge in [0.2, 0.25) is 0 Å². The molecule has 1 N–H and O–H groups in total. The number of hydrogen-bond donors (Lipinski definition) is 1. The van der Waals surface area contributed by atoms with Crippen LogP contribution in [0.25, 0.3) is 0 Å². The van der Waals surface area contributed by atoms with Crippen molar-refractivity contribution in [2.45, 2.75) is 26.6 Å². The van der Waals surface area contributed by atoms with Gasteiger partial charge in [0.25, 0.3) is 5.91 Å². The maximum absolute atomic E-state index is 12.9. The molecule has 0 aliphatic heterocycles. The molecule has 0 saturated heterocycles. The van der Waals surface area contributed by atoms with Crippen LogP contribution in [0, 0.1) is 13.8 Å². The average Bonchev–Trinajstić information content (AvgIpc) is 3.12. The number of carbonyl (C=O) groups is 1. The highest BCUT2D eigenvalue weighted by atomic mass is 35.5. The Morgan fingerprint density at radius 3 is 2.39 bits per heavy atom. The normalized spacial score (nSPS) is 11.7. The molecule has 0 atom stereocenters. The van der Waals surface area contributed by atoms with Gasteiger partial charge in [-0.15, -0.1) is 0 Å². The van der Waals surface area contributed by atoms with Gasteiger partial charge in [0.1, 0.15) is 5.69 Å². The lowest BCUT2D eigenvalue weighted by molar-refractivity contribution is -0.143. The van der Waals surface area contributed by atoms with Crippen molar-refractivity contribution in [3.05, 3.63) is 63.7 Å². The Kier molecular flexibility index (Phi) is 5.20. The molecule has 0 aliphatic rings. The van der Waals surface area contributed by atoms with Crippen LogP contribution in [-0.2, 0) is 19.8 Å². The van der Waals surface area contributed by atoms with Crippen LogP contribution in [-0.4, -0.2) is 25.5 Å². The molecule has 1 aromatic carbocycles. The SMILES string of the molecule is Cc1nn(Cc2ccc(Cl)cc2)c(C)c1NC(=O)c1cc(C(F)(F)F)n(C)n1. The third-order valence-electron chi connectivity index (χ3n) is 4.27. The Morgan fingerprint density at radius 2 is 1.82 bits per heavy atom. The van der Waals surface area contributed by atoms with Gasteiger partial charge in [-0.3, -0.25) is 14.2 Å². The third-order valence-corrected chi connectivity index (χ3v) is 4.52. The Labute approximate surface area is 163 Å². The summed E-state index contributed by atoms with van der Waals surface area (Å²) in [6, 6.07) is 7.99. The maximum atomic E-state index is 12.9. The molecule has 3 aromatic rings. The lowest BCUT2D eigenvalue weighted by atomic mass is 10.2. The van der Waals surface area contributed by atoms with Crippen molar-refractivity contribution in [3.63, 3.8) is 0 Å². The first-order chi connectivity index (χ1) is 13.1. The molecule has 28 heavy (non-hydrogen) atoms. The van der Waals surface area contributed by atoms with Gasteiger partial charge in [0, 0.05) is 18.1 Å². The van der Waals surface area contributed by atoms with E-state index in [2.05, 4.69) is 15.5 Å². The fourth-order valence-electron chi connectivity index (χ4n) is 2.82. The minimum absolute atomic E-state index is 0.320. The van der Waals surface area contributed by atoms with E-state index >= 15 is 0 Å². The Bertz CT molecular complexity index is 1020.